The minimum absolute atomic E-state index is 0.0208. The fourth-order valence-electron chi connectivity index (χ4n) is 2.99. The van der Waals surface area contributed by atoms with Crippen molar-refractivity contribution >= 4 is 17.5 Å². The zero-order valence-corrected chi connectivity index (χ0v) is 15.1. The van der Waals surface area contributed by atoms with Gasteiger partial charge in [0, 0.05) is 25.9 Å². The molecule has 25 heavy (non-hydrogen) atoms. The van der Waals surface area contributed by atoms with Crippen LogP contribution in [-0.2, 0) is 18.4 Å². The number of aromatic nitrogens is 3. The quantitative estimate of drug-likeness (QED) is 0.883. The molecule has 0 radical (unpaired) electrons. The van der Waals surface area contributed by atoms with E-state index in [2.05, 4.69) is 15.5 Å². The van der Waals surface area contributed by atoms with Gasteiger partial charge < -0.3 is 14.6 Å². The number of hydrogen-bond acceptors (Lipinski definition) is 4. The molecule has 0 aliphatic heterocycles. The van der Waals surface area contributed by atoms with Crippen LogP contribution in [0.4, 0.5) is 4.39 Å². The fourth-order valence-corrected chi connectivity index (χ4v) is 3.20. The zero-order chi connectivity index (χ0) is 18.1. The Balaban J connectivity index is 1.65. The predicted octanol–water partition coefficient (Wildman–Crippen LogP) is 2.88. The minimum atomic E-state index is -0.505. The molecule has 0 saturated heterocycles. The van der Waals surface area contributed by atoms with Crippen LogP contribution in [0.1, 0.15) is 42.9 Å². The molecule has 134 valence electrons. The average Bonchev–Trinajstić information content (AvgIpc) is 2.87. The van der Waals surface area contributed by atoms with E-state index in [1.807, 2.05) is 11.6 Å². The maximum absolute atomic E-state index is 13.9. The smallest absolute Gasteiger partial charge is 0.217 e. The summed E-state index contributed by atoms with van der Waals surface area (Å²) in [6, 6.07) is 3.13. The Hall–Kier alpha value is -2.15. The van der Waals surface area contributed by atoms with Gasteiger partial charge >= 0.3 is 0 Å². The predicted molar refractivity (Wildman–Crippen MR) is 91.1 cm³/mol. The van der Waals surface area contributed by atoms with Crippen molar-refractivity contribution in [3.05, 3.63) is 40.2 Å². The summed E-state index contributed by atoms with van der Waals surface area (Å²) in [6.07, 6.45) is 1.68. The van der Waals surface area contributed by atoms with Crippen LogP contribution in [0.5, 0.6) is 5.75 Å². The van der Waals surface area contributed by atoms with Crippen LogP contribution >= 0.6 is 11.6 Å². The number of rotatable bonds is 5. The van der Waals surface area contributed by atoms with E-state index >= 15 is 0 Å². The molecule has 0 bridgehead atoms. The van der Waals surface area contributed by atoms with Crippen LogP contribution in [0.2, 0.25) is 5.02 Å². The molecule has 3 rings (SSSR count). The molecular formula is C17H20ClFN4O2. The van der Waals surface area contributed by atoms with E-state index < -0.39 is 5.82 Å². The van der Waals surface area contributed by atoms with E-state index in [1.54, 1.807) is 13.0 Å². The first kappa shape index (κ1) is 17.7. The first-order chi connectivity index (χ1) is 11.9. The lowest BCUT2D eigenvalue weighted by atomic mass is 9.79. The van der Waals surface area contributed by atoms with Crippen molar-refractivity contribution in [2.75, 3.05) is 0 Å². The van der Waals surface area contributed by atoms with Gasteiger partial charge in [0.1, 0.15) is 12.4 Å². The molecule has 1 amide bonds. The highest BCUT2D eigenvalue weighted by Crippen LogP contribution is 2.36. The summed E-state index contributed by atoms with van der Waals surface area (Å²) < 4.78 is 21.3. The number of nitrogens with zero attached hydrogens (tertiary/aromatic N) is 3. The topological polar surface area (TPSA) is 69.0 Å². The zero-order valence-electron chi connectivity index (χ0n) is 14.3. The first-order valence-corrected chi connectivity index (χ1v) is 8.47. The van der Waals surface area contributed by atoms with Crippen molar-refractivity contribution in [2.24, 2.45) is 7.05 Å². The Morgan fingerprint density at radius 2 is 2.16 bits per heavy atom. The molecule has 2 aromatic rings. The summed E-state index contributed by atoms with van der Waals surface area (Å²) in [5, 5.41) is 11.5. The van der Waals surface area contributed by atoms with E-state index in [-0.39, 0.29) is 35.2 Å². The molecule has 1 aromatic heterocycles. The third-order valence-electron chi connectivity index (χ3n) is 4.50. The standard InChI is InChI=1S/C17H20ClFN4O2/c1-9-4-5-13(19)16(15(9)18)25-8-14-21-22-17(23(14)3)11-6-12(7-11)20-10(2)24/h4-5,11-12H,6-8H2,1-3H3,(H,20,24). The summed E-state index contributed by atoms with van der Waals surface area (Å²) in [4.78, 5) is 11.1. The van der Waals surface area contributed by atoms with Crippen LogP contribution in [0.3, 0.4) is 0 Å². The van der Waals surface area contributed by atoms with Crippen molar-refractivity contribution in [3.63, 3.8) is 0 Å². The van der Waals surface area contributed by atoms with Gasteiger partial charge in [-0.25, -0.2) is 4.39 Å². The van der Waals surface area contributed by atoms with Gasteiger partial charge in [-0.3, -0.25) is 4.79 Å². The van der Waals surface area contributed by atoms with Crippen molar-refractivity contribution in [3.8, 4) is 5.75 Å². The average molecular weight is 367 g/mol. The Labute approximate surface area is 150 Å². The molecule has 1 N–H and O–H groups in total. The van der Waals surface area contributed by atoms with Gasteiger partial charge in [-0.1, -0.05) is 17.7 Å². The third-order valence-corrected chi connectivity index (χ3v) is 4.97. The Morgan fingerprint density at radius 1 is 1.44 bits per heavy atom. The van der Waals surface area contributed by atoms with Gasteiger partial charge in [0.25, 0.3) is 0 Å². The molecule has 6 nitrogen and oxygen atoms in total. The molecule has 1 aliphatic rings. The maximum Gasteiger partial charge on any atom is 0.217 e. The van der Waals surface area contributed by atoms with Crippen molar-refractivity contribution in [2.45, 2.75) is 45.3 Å². The van der Waals surface area contributed by atoms with Crippen LogP contribution in [0, 0.1) is 12.7 Å². The SMILES string of the molecule is CC(=O)NC1CC(c2nnc(COc3c(F)ccc(C)c3Cl)n2C)C1. The van der Waals surface area contributed by atoms with Crippen LogP contribution in [0.25, 0.3) is 0 Å². The molecule has 1 saturated carbocycles. The summed E-state index contributed by atoms with van der Waals surface area (Å²) in [7, 11) is 1.86. The highest BCUT2D eigenvalue weighted by atomic mass is 35.5. The number of ether oxygens (including phenoxy) is 1. The van der Waals surface area contributed by atoms with Crippen LogP contribution in [-0.4, -0.2) is 26.7 Å². The second-order valence-electron chi connectivity index (χ2n) is 6.40. The number of carbonyl (C=O) groups is 1. The molecular weight excluding hydrogens is 347 g/mol. The number of halogens is 2. The van der Waals surface area contributed by atoms with Gasteiger partial charge in [-0.2, -0.15) is 0 Å². The van der Waals surface area contributed by atoms with E-state index in [0.717, 1.165) is 24.2 Å². The molecule has 8 heteroatoms. The molecule has 1 fully saturated rings. The Kier molecular flexibility index (Phi) is 4.94. The highest BCUT2D eigenvalue weighted by Gasteiger charge is 2.34. The lowest BCUT2D eigenvalue weighted by molar-refractivity contribution is -0.120. The molecule has 1 heterocycles. The summed E-state index contributed by atoms with van der Waals surface area (Å²) in [6.45, 7) is 3.38. The molecule has 0 unspecified atom stereocenters. The van der Waals surface area contributed by atoms with Crippen molar-refractivity contribution in [1.82, 2.24) is 20.1 Å². The number of nitrogens with one attached hydrogen (secondary N) is 1. The fraction of sp³-hybridized carbons (Fsp3) is 0.471. The van der Waals surface area contributed by atoms with E-state index in [1.165, 1.54) is 13.0 Å². The van der Waals surface area contributed by atoms with E-state index in [0.29, 0.717) is 5.82 Å². The minimum Gasteiger partial charge on any atom is -0.481 e. The number of amides is 1. The van der Waals surface area contributed by atoms with Crippen molar-refractivity contribution < 1.29 is 13.9 Å². The maximum atomic E-state index is 13.9. The second-order valence-corrected chi connectivity index (χ2v) is 6.77. The van der Waals surface area contributed by atoms with Gasteiger partial charge in [0.05, 0.1) is 5.02 Å². The number of hydrogen-bond donors (Lipinski definition) is 1. The lowest BCUT2D eigenvalue weighted by Crippen LogP contribution is -2.43. The largest absolute Gasteiger partial charge is 0.481 e. The van der Waals surface area contributed by atoms with Crippen molar-refractivity contribution in [1.29, 1.82) is 0 Å². The number of aryl methyl sites for hydroxylation is 1. The summed E-state index contributed by atoms with van der Waals surface area (Å²) in [5.74, 6) is 1.19. The van der Waals surface area contributed by atoms with Gasteiger partial charge in [-0.05, 0) is 31.4 Å². The highest BCUT2D eigenvalue weighted by molar-refractivity contribution is 6.32. The van der Waals surface area contributed by atoms with Gasteiger partial charge in [0.15, 0.2) is 17.4 Å². The second kappa shape index (κ2) is 7.00. The lowest BCUT2D eigenvalue weighted by Gasteiger charge is -2.34. The summed E-state index contributed by atoms with van der Waals surface area (Å²) in [5.41, 5.74) is 0.746. The van der Waals surface area contributed by atoms with Crippen LogP contribution in [0.15, 0.2) is 12.1 Å². The van der Waals surface area contributed by atoms with Gasteiger partial charge in [-0.15, -0.1) is 10.2 Å². The molecule has 0 atom stereocenters. The van der Waals surface area contributed by atoms with Gasteiger partial charge in [0.2, 0.25) is 5.91 Å². The molecule has 0 spiro atoms. The molecule has 1 aliphatic carbocycles. The van der Waals surface area contributed by atoms with E-state index in [9.17, 15) is 9.18 Å². The number of carbonyl (C=O) groups excluding carboxylic acids is 1. The van der Waals surface area contributed by atoms with Crippen LogP contribution < -0.4 is 10.1 Å². The number of benzene rings is 1. The van der Waals surface area contributed by atoms with E-state index in [4.69, 9.17) is 16.3 Å². The molecule has 1 aromatic carbocycles. The monoisotopic (exact) mass is 366 g/mol. The summed E-state index contributed by atoms with van der Waals surface area (Å²) >= 11 is 6.11. The first-order valence-electron chi connectivity index (χ1n) is 8.09. The third kappa shape index (κ3) is 3.61. The Bertz CT molecular complexity index is 802. The Morgan fingerprint density at radius 3 is 2.84 bits per heavy atom. The normalized spacial score (nSPS) is 19.4.